The van der Waals surface area contributed by atoms with Crippen molar-refractivity contribution in [1.82, 2.24) is 14.9 Å². The van der Waals surface area contributed by atoms with Gasteiger partial charge in [0.15, 0.2) is 0 Å². The quantitative estimate of drug-likeness (QED) is 0.591. The average molecular weight is 440 g/mol. The van der Waals surface area contributed by atoms with E-state index in [1.54, 1.807) is 29.4 Å². The first-order valence-electron chi connectivity index (χ1n) is 8.94. The molecule has 0 N–H and O–H groups in total. The average Bonchev–Trinajstić information content (AvgIpc) is 3.19. The predicted octanol–water partition coefficient (Wildman–Crippen LogP) is 4.32. The van der Waals surface area contributed by atoms with Crippen LogP contribution in [0, 0.1) is 0 Å². The second-order valence-electron chi connectivity index (χ2n) is 6.37. The summed E-state index contributed by atoms with van der Waals surface area (Å²) < 4.78 is 12.5. The van der Waals surface area contributed by atoms with Crippen molar-refractivity contribution in [2.24, 2.45) is 0 Å². The maximum atomic E-state index is 13.1. The lowest BCUT2D eigenvalue weighted by Gasteiger charge is -2.18. The number of halogens is 1. The molecule has 2 aromatic carbocycles. The van der Waals surface area contributed by atoms with Gasteiger partial charge in [0.1, 0.15) is 17.6 Å². The Morgan fingerprint density at radius 3 is 2.54 bits per heavy atom. The Balaban J connectivity index is 1.44. The van der Waals surface area contributed by atoms with Crippen molar-refractivity contribution < 1.29 is 14.3 Å². The zero-order valence-corrected chi connectivity index (χ0v) is 16.6. The zero-order valence-electron chi connectivity index (χ0n) is 15.0. The number of likely N-dealkylation sites (tertiary alicyclic amines) is 1. The molecule has 6 nitrogen and oxygen atoms in total. The summed E-state index contributed by atoms with van der Waals surface area (Å²) in [5.74, 6) is 1.16. The van der Waals surface area contributed by atoms with Crippen LogP contribution in [0.4, 0.5) is 0 Å². The van der Waals surface area contributed by atoms with Crippen LogP contribution in [-0.2, 0) is 0 Å². The number of hydrogen-bond acceptors (Lipinski definition) is 5. The zero-order chi connectivity index (χ0) is 19.3. The Bertz CT molecular complexity index is 951. The van der Waals surface area contributed by atoms with Gasteiger partial charge >= 0.3 is 6.01 Å². The van der Waals surface area contributed by atoms with Gasteiger partial charge in [-0.15, -0.1) is 0 Å². The van der Waals surface area contributed by atoms with Crippen molar-refractivity contribution >= 4 is 21.8 Å². The lowest BCUT2D eigenvalue weighted by Crippen LogP contribution is -2.31. The normalized spacial score (nSPS) is 16.0. The first-order valence-corrected chi connectivity index (χ1v) is 9.74. The Hall–Kier alpha value is -2.93. The van der Waals surface area contributed by atoms with Gasteiger partial charge in [0.2, 0.25) is 0 Å². The molecule has 1 saturated heterocycles. The molecule has 3 aromatic rings. The topological polar surface area (TPSA) is 64.5 Å². The maximum Gasteiger partial charge on any atom is 0.316 e. The van der Waals surface area contributed by atoms with Gasteiger partial charge in [-0.3, -0.25) is 4.79 Å². The number of carbonyl (C=O) groups excluding carboxylic acids is 1. The van der Waals surface area contributed by atoms with Crippen molar-refractivity contribution in [2.45, 2.75) is 12.5 Å². The summed E-state index contributed by atoms with van der Waals surface area (Å²) in [4.78, 5) is 23.1. The molecule has 1 aromatic heterocycles. The van der Waals surface area contributed by atoms with E-state index in [0.29, 0.717) is 36.2 Å². The Morgan fingerprint density at radius 2 is 1.75 bits per heavy atom. The van der Waals surface area contributed by atoms with Crippen molar-refractivity contribution in [3.8, 4) is 17.5 Å². The fourth-order valence-corrected chi connectivity index (χ4v) is 3.24. The van der Waals surface area contributed by atoms with E-state index in [9.17, 15) is 4.79 Å². The van der Waals surface area contributed by atoms with Gasteiger partial charge in [-0.2, -0.15) is 0 Å². The number of para-hydroxylation sites is 2. The van der Waals surface area contributed by atoms with Gasteiger partial charge < -0.3 is 14.4 Å². The van der Waals surface area contributed by atoms with Crippen LogP contribution in [0.3, 0.4) is 0 Å². The van der Waals surface area contributed by atoms with Crippen molar-refractivity contribution in [3.05, 3.63) is 77.0 Å². The van der Waals surface area contributed by atoms with Gasteiger partial charge in [0.25, 0.3) is 5.91 Å². The molecule has 1 unspecified atom stereocenters. The minimum absolute atomic E-state index is 0.0747. The Labute approximate surface area is 171 Å². The summed E-state index contributed by atoms with van der Waals surface area (Å²) in [6, 6.07) is 17.0. The molecule has 0 aliphatic carbocycles. The third-order valence-corrected chi connectivity index (χ3v) is 4.80. The van der Waals surface area contributed by atoms with Crippen LogP contribution in [0.15, 0.2) is 71.5 Å². The molecule has 28 heavy (non-hydrogen) atoms. The molecule has 7 heteroatoms. The molecule has 0 bridgehead atoms. The van der Waals surface area contributed by atoms with E-state index in [1.165, 1.54) is 0 Å². The van der Waals surface area contributed by atoms with Crippen LogP contribution in [-0.4, -0.2) is 40.0 Å². The molecule has 0 saturated carbocycles. The molecule has 2 heterocycles. The highest BCUT2D eigenvalue weighted by atomic mass is 79.9. The number of aromatic nitrogens is 2. The Kier molecular flexibility index (Phi) is 5.53. The smallest absolute Gasteiger partial charge is 0.316 e. The number of benzene rings is 2. The molecule has 0 radical (unpaired) electrons. The summed E-state index contributed by atoms with van der Waals surface area (Å²) in [5.41, 5.74) is 0.534. The van der Waals surface area contributed by atoms with Crippen molar-refractivity contribution in [3.63, 3.8) is 0 Å². The van der Waals surface area contributed by atoms with Gasteiger partial charge in [-0.25, -0.2) is 9.97 Å². The third-order valence-electron chi connectivity index (χ3n) is 4.39. The second-order valence-corrected chi connectivity index (χ2v) is 7.29. The number of nitrogens with zero attached hydrogens (tertiary/aromatic N) is 3. The van der Waals surface area contributed by atoms with Gasteiger partial charge in [-0.1, -0.05) is 30.3 Å². The molecule has 1 atom stereocenters. The van der Waals surface area contributed by atoms with E-state index in [1.807, 2.05) is 42.5 Å². The van der Waals surface area contributed by atoms with Crippen molar-refractivity contribution in [1.29, 1.82) is 0 Å². The van der Waals surface area contributed by atoms with Crippen molar-refractivity contribution in [2.75, 3.05) is 13.1 Å². The summed E-state index contributed by atoms with van der Waals surface area (Å²) in [6.07, 6.45) is 3.87. The summed E-state index contributed by atoms with van der Waals surface area (Å²) in [7, 11) is 0. The minimum atomic E-state index is -0.132. The molecular weight excluding hydrogens is 422 g/mol. The second kappa shape index (κ2) is 8.39. The molecule has 4 rings (SSSR count). The molecule has 0 spiro atoms. The summed E-state index contributed by atoms with van der Waals surface area (Å²) >= 11 is 3.30. The summed E-state index contributed by atoms with van der Waals surface area (Å²) in [6.45, 7) is 1.09. The fraction of sp³-hybridized carbons (Fsp3) is 0.190. The number of amides is 1. The largest absolute Gasteiger partial charge is 0.458 e. The molecule has 142 valence electrons. The van der Waals surface area contributed by atoms with E-state index < -0.39 is 0 Å². The number of ether oxygens (including phenoxy) is 2. The monoisotopic (exact) mass is 439 g/mol. The third kappa shape index (κ3) is 4.31. The molecule has 1 aliphatic heterocycles. The van der Waals surface area contributed by atoms with E-state index in [0.717, 1.165) is 10.9 Å². The van der Waals surface area contributed by atoms with Gasteiger partial charge in [-0.05, 0) is 40.2 Å². The van der Waals surface area contributed by atoms with Gasteiger partial charge in [0.05, 0.1) is 16.6 Å². The van der Waals surface area contributed by atoms with Crippen LogP contribution < -0.4 is 9.47 Å². The number of hydrogen-bond donors (Lipinski definition) is 0. The number of rotatable bonds is 5. The molecule has 1 amide bonds. The van der Waals surface area contributed by atoms with E-state index in [4.69, 9.17) is 9.47 Å². The fourth-order valence-electron chi connectivity index (χ4n) is 3.04. The Morgan fingerprint density at radius 1 is 1.04 bits per heavy atom. The van der Waals surface area contributed by atoms with E-state index >= 15 is 0 Å². The van der Waals surface area contributed by atoms with Crippen LogP contribution in [0.2, 0.25) is 0 Å². The SMILES string of the molecule is O=C(c1ccccc1Oc1ccccc1)N1CCC(Oc2ncc(Br)cn2)C1. The van der Waals surface area contributed by atoms with E-state index in [2.05, 4.69) is 25.9 Å². The molecular formula is C21H18BrN3O3. The highest BCUT2D eigenvalue weighted by Gasteiger charge is 2.30. The molecule has 1 aliphatic rings. The molecule has 1 fully saturated rings. The van der Waals surface area contributed by atoms with Crippen LogP contribution in [0.5, 0.6) is 17.5 Å². The van der Waals surface area contributed by atoms with E-state index in [-0.39, 0.29) is 12.0 Å². The highest BCUT2D eigenvalue weighted by Crippen LogP contribution is 2.27. The van der Waals surface area contributed by atoms with Crippen LogP contribution >= 0.6 is 15.9 Å². The maximum absolute atomic E-state index is 13.1. The van der Waals surface area contributed by atoms with Crippen LogP contribution in [0.25, 0.3) is 0 Å². The van der Waals surface area contributed by atoms with Crippen LogP contribution in [0.1, 0.15) is 16.8 Å². The first kappa shape index (κ1) is 18.4. The lowest BCUT2D eigenvalue weighted by atomic mass is 10.1. The standard InChI is InChI=1S/C21H18BrN3O3/c22-15-12-23-21(24-13-15)28-17-10-11-25(14-17)20(26)18-8-4-5-9-19(18)27-16-6-2-1-3-7-16/h1-9,12-13,17H,10-11,14H2. The lowest BCUT2D eigenvalue weighted by molar-refractivity contribution is 0.0767. The van der Waals surface area contributed by atoms with Gasteiger partial charge in [0, 0.05) is 25.4 Å². The number of carbonyl (C=O) groups is 1. The first-order chi connectivity index (χ1) is 13.7. The summed E-state index contributed by atoms with van der Waals surface area (Å²) in [5, 5.41) is 0. The minimum Gasteiger partial charge on any atom is -0.458 e. The highest BCUT2D eigenvalue weighted by molar-refractivity contribution is 9.10. The predicted molar refractivity (Wildman–Crippen MR) is 108 cm³/mol.